The molecule has 4 atom stereocenters. The Balaban J connectivity index is 1.31. The summed E-state index contributed by atoms with van der Waals surface area (Å²) in [5.41, 5.74) is 3.84. The second-order valence-corrected chi connectivity index (χ2v) is 26.4. The first-order valence-electron chi connectivity index (χ1n) is 23.7. The highest BCUT2D eigenvalue weighted by Crippen LogP contribution is 2.49. The number of likely N-dealkylation sites (tertiary alicyclic amines) is 1. The lowest BCUT2D eigenvalue weighted by Gasteiger charge is -2.46. The number of hydrogen-bond donors (Lipinski definition) is 0. The molecule has 0 radical (unpaired) electrons. The smallest absolute Gasteiger partial charge is 0.410 e. The van der Waals surface area contributed by atoms with Crippen LogP contribution in [0, 0.1) is 34.4 Å². The third-order valence-electron chi connectivity index (χ3n) is 14.6. The number of aromatic nitrogens is 3. The highest BCUT2D eigenvalue weighted by Gasteiger charge is 2.51. The second kappa shape index (κ2) is 18.7. The average molecular weight is 928 g/mol. The number of amides is 1. The van der Waals surface area contributed by atoms with E-state index in [0.29, 0.717) is 70.6 Å². The number of methoxy groups -OCH3 is 2. The first-order chi connectivity index (χ1) is 31.4. The number of carbonyl (C=O) groups excluding carboxylic acids is 1. The summed E-state index contributed by atoms with van der Waals surface area (Å²) in [5, 5.41) is 1.28. The summed E-state index contributed by atoms with van der Waals surface area (Å²) in [6, 6.07) is 6.39. The molecule has 356 valence electrons. The fourth-order valence-electron chi connectivity index (χ4n) is 11.7. The van der Waals surface area contributed by atoms with Gasteiger partial charge in [-0.1, -0.05) is 60.0 Å². The summed E-state index contributed by atoms with van der Waals surface area (Å²) in [7, 11) is 0.664. The molecule has 2 bridgehead atoms. The van der Waals surface area contributed by atoms with Gasteiger partial charge >= 0.3 is 12.1 Å². The van der Waals surface area contributed by atoms with E-state index in [4.69, 9.17) is 43.4 Å². The maximum Gasteiger partial charge on any atom is 0.410 e. The Morgan fingerprint density at radius 3 is 2.39 bits per heavy atom. The minimum atomic E-state index is -2.34. The van der Waals surface area contributed by atoms with E-state index in [2.05, 4.69) is 57.9 Å². The van der Waals surface area contributed by atoms with Crippen LogP contribution in [0.2, 0.25) is 16.6 Å². The molecule has 66 heavy (non-hydrogen) atoms. The summed E-state index contributed by atoms with van der Waals surface area (Å²) in [5.74, 6) is 3.24. The van der Waals surface area contributed by atoms with Crippen molar-refractivity contribution in [3.8, 4) is 40.4 Å². The van der Waals surface area contributed by atoms with Gasteiger partial charge in [-0.2, -0.15) is 9.97 Å². The van der Waals surface area contributed by atoms with E-state index in [-0.39, 0.29) is 77.2 Å². The van der Waals surface area contributed by atoms with Gasteiger partial charge in [0.15, 0.2) is 12.6 Å². The molecule has 12 nitrogen and oxygen atoms in total. The van der Waals surface area contributed by atoms with Crippen LogP contribution in [0.5, 0.6) is 17.6 Å². The number of nitrogens with zero attached hydrogens (tertiary/aromatic N) is 5. The van der Waals surface area contributed by atoms with Gasteiger partial charge in [0.05, 0.1) is 32.0 Å². The maximum atomic E-state index is 18.1. The minimum Gasteiger partial charge on any atom is -0.480 e. The number of rotatable bonds is 12. The predicted octanol–water partition coefficient (Wildman–Crippen LogP) is 10.9. The third kappa shape index (κ3) is 8.89. The number of anilines is 1. The molecular formula is C51H67F2N5O7Si. The molecule has 8 rings (SSSR count). The Kier molecular flexibility index (Phi) is 13.5. The first-order valence-corrected chi connectivity index (χ1v) is 26.0. The Hall–Kier alpha value is -4.78. The number of benzene rings is 2. The fraction of sp³-hybridized carbons (Fsp3) is 0.608. The molecule has 15 heteroatoms. The number of piperidine rings is 2. The lowest BCUT2D eigenvalue weighted by molar-refractivity contribution is -0.0282. The summed E-state index contributed by atoms with van der Waals surface area (Å²) in [6.07, 6.45) is 4.85. The number of pyridine rings is 1. The van der Waals surface area contributed by atoms with Gasteiger partial charge in [0.25, 0.3) is 0 Å². The van der Waals surface area contributed by atoms with E-state index in [0.717, 1.165) is 38.5 Å². The molecule has 3 aliphatic heterocycles. The zero-order valence-corrected chi connectivity index (χ0v) is 41.6. The Morgan fingerprint density at radius 1 is 0.970 bits per heavy atom. The normalized spacial score (nSPS) is 22.0. The van der Waals surface area contributed by atoms with Crippen molar-refractivity contribution >= 4 is 41.7 Å². The van der Waals surface area contributed by atoms with Crippen LogP contribution < -0.4 is 19.1 Å². The van der Waals surface area contributed by atoms with Crippen LogP contribution in [-0.4, -0.2) is 106 Å². The van der Waals surface area contributed by atoms with Gasteiger partial charge in [-0.3, -0.25) is 0 Å². The van der Waals surface area contributed by atoms with Crippen LogP contribution in [0.15, 0.2) is 24.3 Å². The van der Waals surface area contributed by atoms with E-state index >= 15 is 8.78 Å². The van der Waals surface area contributed by atoms with Gasteiger partial charge in [0, 0.05) is 55.1 Å². The van der Waals surface area contributed by atoms with Gasteiger partial charge in [0.2, 0.25) is 5.88 Å². The summed E-state index contributed by atoms with van der Waals surface area (Å²) < 4.78 is 70.5. The quantitative estimate of drug-likeness (QED) is 0.0768. The van der Waals surface area contributed by atoms with E-state index in [1.54, 1.807) is 18.2 Å². The zero-order chi connectivity index (χ0) is 47.3. The highest BCUT2D eigenvalue weighted by molar-refractivity contribution is 6.90. The minimum absolute atomic E-state index is 0.000787. The topological polar surface area (TPSA) is 118 Å². The summed E-state index contributed by atoms with van der Waals surface area (Å²) in [4.78, 5) is 32.3. The van der Waals surface area contributed by atoms with Crippen molar-refractivity contribution in [2.45, 2.75) is 135 Å². The molecule has 2 aromatic heterocycles. The van der Waals surface area contributed by atoms with E-state index < -0.39 is 25.3 Å². The zero-order valence-electron chi connectivity index (χ0n) is 40.6. The Labute approximate surface area is 389 Å². The van der Waals surface area contributed by atoms with Gasteiger partial charge in [-0.05, 0) is 93.1 Å². The van der Waals surface area contributed by atoms with Crippen molar-refractivity contribution in [1.29, 1.82) is 0 Å². The van der Waals surface area contributed by atoms with Crippen molar-refractivity contribution in [2.75, 3.05) is 58.8 Å². The van der Waals surface area contributed by atoms with Crippen LogP contribution in [0.1, 0.15) is 106 Å². The van der Waals surface area contributed by atoms with Crippen molar-refractivity contribution < 1.29 is 42.0 Å². The SMILES string of the molecule is COCOc1cc(-c2nc(OC)c3c(N4CC5COC(C5)C4)nc(OC[C@]45CCC[C@H]4N(C(=O)OC(C)(C)C)CCC5)nc3c2F)c2c(C#C[Si](C(C)C)(C(C)C)C(C)C)c(F)ccc2c1. The fourth-order valence-corrected chi connectivity index (χ4v) is 16.9. The van der Waals surface area contributed by atoms with Gasteiger partial charge in [-0.15, -0.1) is 5.54 Å². The average Bonchev–Trinajstić information content (AvgIpc) is 3.86. The van der Waals surface area contributed by atoms with Crippen molar-refractivity contribution in [3.63, 3.8) is 0 Å². The number of fused-ring (bicyclic) bond motifs is 5. The molecule has 1 amide bonds. The van der Waals surface area contributed by atoms with E-state index in [9.17, 15) is 4.79 Å². The predicted molar refractivity (Wildman–Crippen MR) is 255 cm³/mol. The van der Waals surface area contributed by atoms with Gasteiger partial charge in [0.1, 0.15) is 47.7 Å². The highest BCUT2D eigenvalue weighted by atomic mass is 28.3. The lowest BCUT2D eigenvalue weighted by atomic mass is 9.75. The molecule has 0 spiro atoms. The molecule has 4 fully saturated rings. The molecule has 0 N–H and O–H groups in total. The van der Waals surface area contributed by atoms with Gasteiger partial charge in [-0.25, -0.2) is 18.6 Å². The van der Waals surface area contributed by atoms with Crippen LogP contribution in [-0.2, 0) is 14.2 Å². The lowest BCUT2D eigenvalue weighted by Crippen LogP contribution is -2.55. The molecule has 1 saturated carbocycles. The summed E-state index contributed by atoms with van der Waals surface area (Å²) in [6.45, 7) is 21.4. The van der Waals surface area contributed by atoms with E-state index in [1.807, 2.05) is 25.7 Å². The number of hydrogen-bond acceptors (Lipinski definition) is 11. The van der Waals surface area contributed by atoms with Crippen LogP contribution in [0.3, 0.4) is 0 Å². The first kappa shape index (κ1) is 47.7. The van der Waals surface area contributed by atoms with Gasteiger partial charge < -0.3 is 38.2 Å². The van der Waals surface area contributed by atoms with Crippen molar-refractivity contribution in [3.05, 3.63) is 41.5 Å². The Morgan fingerprint density at radius 2 is 1.71 bits per heavy atom. The standard InChI is InChI=1S/C51H67F2N5O7Si/c1-30(2)66(31(3)4,32(5)6)21-17-37-39(52)16-15-34-23-35(64-29-60-10)24-38(41(34)37)44-43(53)45-42(47(54-44)61-11)46(57-25-33-22-36(26-57)62-27-33)56-48(55-45)63-28-51-18-12-14-40(51)58(20-13-19-51)49(59)65-50(7,8)9/h15-16,23-24,30-33,36,40H,12-14,18-20,22,25-29H2,1-11H3/t33?,36?,40-,51-/m1/s1. The summed E-state index contributed by atoms with van der Waals surface area (Å²) >= 11 is 0. The van der Waals surface area contributed by atoms with Crippen LogP contribution in [0.25, 0.3) is 32.9 Å². The van der Waals surface area contributed by atoms with Crippen molar-refractivity contribution in [1.82, 2.24) is 19.9 Å². The maximum absolute atomic E-state index is 18.1. The van der Waals surface area contributed by atoms with Crippen LogP contribution in [0.4, 0.5) is 19.4 Å². The molecule has 3 saturated heterocycles. The van der Waals surface area contributed by atoms with E-state index in [1.165, 1.54) is 20.3 Å². The van der Waals surface area contributed by atoms with Crippen molar-refractivity contribution in [2.24, 2.45) is 11.3 Å². The second-order valence-electron chi connectivity index (χ2n) is 20.8. The molecule has 4 aromatic rings. The molecule has 2 aromatic carbocycles. The largest absolute Gasteiger partial charge is 0.480 e. The molecule has 2 unspecified atom stereocenters. The molecule has 1 aliphatic carbocycles. The number of carbonyl (C=O) groups is 1. The van der Waals surface area contributed by atoms with Crippen LogP contribution >= 0.6 is 0 Å². The number of ether oxygens (including phenoxy) is 6. The number of halogens is 2. The monoisotopic (exact) mass is 927 g/mol. The molecule has 5 heterocycles. The third-order valence-corrected chi connectivity index (χ3v) is 20.9. The Bertz CT molecular complexity index is 2510. The molecular weight excluding hydrogens is 861 g/mol. The molecule has 4 aliphatic rings.